The Hall–Kier alpha value is -0.810. The third kappa shape index (κ3) is 3.83. The van der Waals surface area contributed by atoms with E-state index in [0.717, 1.165) is 30.7 Å². The summed E-state index contributed by atoms with van der Waals surface area (Å²) in [4.78, 5) is 0. The molecule has 0 bridgehead atoms. The van der Waals surface area contributed by atoms with Crippen LogP contribution in [0.1, 0.15) is 24.5 Å². The average molecular weight is 286 g/mol. The first-order valence-electron chi connectivity index (χ1n) is 6.55. The zero-order chi connectivity index (χ0) is 13.7. The van der Waals surface area contributed by atoms with E-state index in [9.17, 15) is 0 Å². The van der Waals surface area contributed by atoms with Gasteiger partial charge in [0.15, 0.2) is 0 Å². The molecular weight excluding hydrogens is 266 g/mol. The first-order valence-corrected chi connectivity index (χ1v) is 6.93. The number of aliphatic hydroxyl groups is 1. The molecule has 0 spiro atoms. The molecule has 0 saturated carbocycles. The van der Waals surface area contributed by atoms with Gasteiger partial charge in [-0.2, -0.15) is 0 Å². The Kier molecular flexibility index (Phi) is 5.45. The Balaban J connectivity index is 1.96. The van der Waals surface area contributed by atoms with Crippen molar-refractivity contribution in [1.82, 2.24) is 5.32 Å². The summed E-state index contributed by atoms with van der Waals surface area (Å²) in [6.45, 7) is 1.53. The average Bonchev–Trinajstić information content (AvgIpc) is 2.87. The van der Waals surface area contributed by atoms with Gasteiger partial charge in [-0.15, -0.1) is 0 Å². The molecule has 0 amide bonds. The number of rotatable bonds is 6. The standard InChI is InChI=1S/C14H20ClNO3/c1-18-14-8-10(15)2-4-12(14)13-5-3-11(19-13)9-16-6-7-17/h2,4,8,11,13,16-17H,3,5-7,9H2,1H3/t11-,13+/m0/s1. The van der Waals surface area contributed by atoms with Gasteiger partial charge in [-0.25, -0.2) is 0 Å². The van der Waals surface area contributed by atoms with Crippen LogP contribution in [-0.4, -0.2) is 38.0 Å². The lowest BCUT2D eigenvalue weighted by molar-refractivity contribution is 0.0432. The van der Waals surface area contributed by atoms with E-state index in [1.165, 1.54) is 0 Å². The van der Waals surface area contributed by atoms with Crippen molar-refractivity contribution < 1.29 is 14.6 Å². The molecule has 0 radical (unpaired) electrons. The van der Waals surface area contributed by atoms with Gasteiger partial charge in [-0.05, 0) is 25.0 Å². The summed E-state index contributed by atoms with van der Waals surface area (Å²) < 4.78 is 11.4. The summed E-state index contributed by atoms with van der Waals surface area (Å²) in [6, 6.07) is 5.65. The fourth-order valence-corrected chi connectivity index (χ4v) is 2.54. The molecular formula is C14H20ClNO3. The molecule has 1 aromatic carbocycles. The van der Waals surface area contributed by atoms with Crippen molar-refractivity contribution in [3.63, 3.8) is 0 Å². The minimum Gasteiger partial charge on any atom is -0.496 e. The Morgan fingerprint density at radius 3 is 3.05 bits per heavy atom. The lowest BCUT2D eigenvalue weighted by Gasteiger charge is -2.17. The zero-order valence-electron chi connectivity index (χ0n) is 11.1. The Morgan fingerprint density at radius 1 is 1.47 bits per heavy atom. The van der Waals surface area contributed by atoms with Crippen LogP contribution in [0.5, 0.6) is 5.75 Å². The molecule has 1 saturated heterocycles. The van der Waals surface area contributed by atoms with Crippen LogP contribution in [-0.2, 0) is 4.74 Å². The smallest absolute Gasteiger partial charge is 0.126 e. The Labute approximate surface area is 118 Å². The van der Waals surface area contributed by atoms with Crippen molar-refractivity contribution in [3.05, 3.63) is 28.8 Å². The maximum absolute atomic E-state index is 8.73. The summed E-state index contributed by atoms with van der Waals surface area (Å²) in [6.07, 6.45) is 2.24. The second kappa shape index (κ2) is 7.10. The summed E-state index contributed by atoms with van der Waals surface area (Å²) >= 11 is 5.96. The van der Waals surface area contributed by atoms with Crippen LogP contribution >= 0.6 is 11.6 Å². The van der Waals surface area contributed by atoms with Gasteiger partial charge in [0.2, 0.25) is 0 Å². The lowest BCUT2D eigenvalue weighted by atomic mass is 10.1. The highest BCUT2D eigenvalue weighted by atomic mass is 35.5. The molecule has 1 aliphatic rings. The predicted octanol–water partition coefficient (Wildman–Crippen LogP) is 2.15. The normalized spacial score (nSPS) is 22.7. The molecule has 0 aliphatic carbocycles. The van der Waals surface area contributed by atoms with E-state index in [0.29, 0.717) is 11.6 Å². The molecule has 1 fully saturated rings. The van der Waals surface area contributed by atoms with Gasteiger partial charge < -0.3 is 19.9 Å². The maximum Gasteiger partial charge on any atom is 0.126 e. The molecule has 1 heterocycles. The van der Waals surface area contributed by atoms with E-state index in [2.05, 4.69) is 5.32 Å². The number of methoxy groups -OCH3 is 1. The monoisotopic (exact) mass is 285 g/mol. The number of ether oxygens (including phenoxy) is 2. The topological polar surface area (TPSA) is 50.7 Å². The minimum absolute atomic E-state index is 0.0631. The van der Waals surface area contributed by atoms with Crippen LogP contribution in [0.2, 0.25) is 5.02 Å². The van der Waals surface area contributed by atoms with Crippen molar-refractivity contribution in [2.24, 2.45) is 0 Å². The van der Waals surface area contributed by atoms with Gasteiger partial charge in [-0.3, -0.25) is 0 Å². The van der Waals surface area contributed by atoms with Crippen molar-refractivity contribution in [1.29, 1.82) is 0 Å². The van der Waals surface area contributed by atoms with Crippen molar-refractivity contribution in [2.75, 3.05) is 26.8 Å². The predicted molar refractivity (Wildman–Crippen MR) is 74.8 cm³/mol. The molecule has 106 valence electrons. The van der Waals surface area contributed by atoms with E-state index in [1.807, 2.05) is 18.2 Å². The summed E-state index contributed by atoms with van der Waals surface area (Å²) in [5.74, 6) is 0.779. The van der Waals surface area contributed by atoms with Gasteiger partial charge in [0.1, 0.15) is 5.75 Å². The van der Waals surface area contributed by atoms with Gasteiger partial charge >= 0.3 is 0 Å². The summed E-state index contributed by atoms with van der Waals surface area (Å²) in [7, 11) is 1.64. The number of benzene rings is 1. The minimum atomic E-state index is 0.0631. The van der Waals surface area contributed by atoms with Gasteiger partial charge in [-0.1, -0.05) is 17.7 Å². The number of aliphatic hydroxyl groups excluding tert-OH is 1. The van der Waals surface area contributed by atoms with Crippen molar-refractivity contribution in [2.45, 2.75) is 25.0 Å². The second-order valence-electron chi connectivity index (χ2n) is 4.64. The zero-order valence-corrected chi connectivity index (χ0v) is 11.8. The highest BCUT2D eigenvalue weighted by Gasteiger charge is 2.28. The Morgan fingerprint density at radius 2 is 2.32 bits per heavy atom. The SMILES string of the molecule is COc1cc(Cl)ccc1[C@H]1CC[C@@H](CNCCO)O1. The van der Waals surface area contributed by atoms with Crippen molar-refractivity contribution in [3.8, 4) is 5.75 Å². The van der Waals surface area contributed by atoms with Crippen LogP contribution in [0.3, 0.4) is 0 Å². The van der Waals surface area contributed by atoms with E-state index < -0.39 is 0 Å². The van der Waals surface area contributed by atoms with Crippen molar-refractivity contribution >= 4 is 11.6 Å². The highest BCUT2D eigenvalue weighted by molar-refractivity contribution is 6.30. The van der Waals surface area contributed by atoms with Crippen LogP contribution < -0.4 is 10.1 Å². The second-order valence-corrected chi connectivity index (χ2v) is 5.07. The maximum atomic E-state index is 8.73. The molecule has 1 aliphatic heterocycles. The first kappa shape index (κ1) is 14.6. The van der Waals surface area contributed by atoms with E-state index in [1.54, 1.807) is 7.11 Å². The van der Waals surface area contributed by atoms with E-state index in [-0.39, 0.29) is 18.8 Å². The molecule has 2 N–H and O–H groups in total. The molecule has 2 atom stereocenters. The van der Waals surface area contributed by atoms with Crippen LogP contribution in [0.25, 0.3) is 0 Å². The lowest BCUT2D eigenvalue weighted by Crippen LogP contribution is -2.28. The molecule has 1 aromatic rings. The van der Waals surface area contributed by atoms with E-state index in [4.69, 9.17) is 26.2 Å². The third-order valence-corrected chi connectivity index (χ3v) is 3.55. The molecule has 2 rings (SSSR count). The third-order valence-electron chi connectivity index (χ3n) is 3.31. The molecule has 4 nitrogen and oxygen atoms in total. The van der Waals surface area contributed by atoms with Gasteiger partial charge in [0.05, 0.1) is 25.9 Å². The summed E-state index contributed by atoms with van der Waals surface area (Å²) in [5.41, 5.74) is 1.05. The van der Waals surface area contributed by atoms with Gasteiger partial charge in [0.25, 0.3) is 0 Å². The molecule has 19 heavy (non-hydrogen) atoms. The van der Waals surface area contributed by atoms with Crippen LogP contribution in [0.15, 0.2) is 18.2 Å². The number of hydrogen-bond donors (Lipinski definition) is 2. The molecule has 0 unspecified atom stereocenters. The quantitative estimate of drug-likeness (QED) is 0.787. The van der Waals surface area contributed by atoms with Crippen LogP contribution in [0.4, 0.5) is 0 Å². The first-order chi connectivity index (χ1) is 9.24. The van der Waals surface area contributed by atoms with Gasteiger partial charge in [0, 0.05) is 23.7 Å². The van der Waals surface area contributed by atoms with Crippen LogP contribution in [0, 0.1) is 0 Å². The number of halogens is 1. The van der Waals surface area contributed by atoms with E-state index >= 15 is 0 Å². The number of hydrogen-bond acceptors (Lipinski definition) is 4. The molecule has 0 aromatic heterocycles. The largest absolute Gasteiger partial charge is 0.496 e. The molecule has 5 heteroatoms. The fraction of sp³-hybridized carbons (Fsp3) is 0.571. The highest BCUT2D eigenvalue weighted by Crippen LogP contribution is 2.38. The Bertz CT molecular complexity index is 414. The fourth-order valence-electron chi connectivity index (χ4n) is 2.38. The summed E-state index contributed by atoms with van der Waals surface area (Å²) in [5, 5.41) is 12.6. The number of nitrogens with one attached hydrogen (secondary N) is 1.